The van der Waals surface area contributed by atoms with E-state index in [0.717, 1.165) is 37.1 Å². The van der Waals surface area contributed by atoms with E-state index in [2.05, 4.69) is 17.2 Å². The first-order valence-corrected chi connectivity index (χ1v) is 8.87. The van der Waals surface area contributed by atoms with Gasteiger partial charge in [0.2, 0.25) is 5.91 Å². The minimum atomic E-state index is -0.191. The minimum Gasteiger partial charge on any atom is -0.352 e. The topological polar surface area (TPSA) is 68.4 Å². The first-order valence-electron chi connectivity index (χ1n) is 8.87. The van der Waals surface area contributed by atoms with E-state index in [1.165, 1.54) is 4.57 Å². The van der Waals surface area contributed by atoms with Crippen LogP contribution in [0.1, 0.15) is 32.6 Å². The Morgan fingerprint density at radius 1 is 1.20 bits per heavy atom. The van der Waals surface area contributed by atoms with Gasteiger partial charge in [-0.05, 0) is 55.9 Å². The van der Waals surface area contributed by atoms with Gasteiger partial charge in [-0.15, -0.1) is 0 Å². The number of carbonyl (C=O) groups is 1. The van der Waals surface area contributed by atoms with E-state index in [9.17, 15) is 9.59 Å². The number of hydrogen-bond donors (Lipinski definition) is 1. The van der Waals surface area contributed by atoms with Crippen LogP contribution in [0.25, 0.3) is 16.7 Å². The zero-order valence-corrected chi connectivity index (χ0v) is 14.3. The average Bonchev–Trinajstić information content (AvgIpc) is 3.11. The van der Waals surface area contributed by atoms with Crippen LogP contribution >= 0.6 is 0 Å². The summed E-state index contributed by atoms with van der Waals surface area (Å²) in [5, 5.41) is 3.09. The second-order valence-corrected chi connectivity index (χ2v) is 7.03. The van der Waals surface area contributed by atoms with E-state index in [4.69, 9.17) is 0 Å². The first kappa shape index (κ1) is 15.9. The number of nitrogens with one attached hydrogen (secondary N) is 1. The summed E-state index contributed by atoms with van der Waals surface area (Å²) in [6, 6.07) is 7.56. The lowest BCUT2D eigenvalue weighted by Crippen LogP contribution is -2.41. The van der Waals surface area contributed by atoms with Crippen molar-refractivity contribution in [3.05, 3.63) is 47.0 Å². The van der Waals surface area contributed by atoms with Gasteiger partial charge in [-0.1, -0.05) is 6.92 Å². The molecule has 0 radical (unpaired) electrons. The summed E-state index contributed by atoms with van der Waals surface area (Å²) in [5.41, 5.74) is 1.72. The number of aromatic nitrogens is 3. The molecule has 1 saturated carbocycles. The van der Waals surface area contributed by atoms with Crippen molar-refractivity contribution in [1.82, 2.24) is 19.3 Å². The summed E-state index contributed by atoms with van der Waals surface area (Å²) in [5.74, 6) is 0.616. The zero-order chi connectivity index (χ0) is 17.4. The number of nitrogens with zero attached hydrogens (tertiary/aromatic N) is 3. The molecule has 0 aliphatic heterocycles. The number of pyridine rings is 1. The quantitative estimate of drug-likeness (QED) is 0.797. The minimum absolute atomic E-state index is 0.0000796. The first-order chi connectivity index (χ1) is 12.1. The van der Waals surface area contributed by atoms with E-state index in [0.29, 0.717) is 11.2 Å². The summed E-state index contributed by atoms with van der Waals surface area (Å²) in [7, 11) is 0. The molecular weight excluding hydrogens is 316 g/mol. The Bertz CT molecular complexity index is 980. The Hall–Kier alpha value is -2.63. The van der Waals surface area contributed by atoms with E-state index in [1.54, 1.807) is 12.3 Å². The maximum atomic E-state index is 12.8. The zero-order valence-electron chi connectivity index (χ0n) is 14.3. The fraction of sp³-hybridized carbons (Fsp3) is 0.421. The largest absolute Gasteiger partial charge is 0.352 e. The summed E-state index contributed by atoms with van der Waals surface area (Å²) < 4.78 is 3.30. The number of amides is 1. The highest BCUT2D eigenvalue weighted by Crippen LogP contribution is 2.23. The van der Waals surface area contributed by atoms with Crippen LogP contribution in [0, 0.1) is 5.92 Å². The van der Waals surface area contributed by atoms with Crippen LogP contribution in [-0.4, -0.2) is 25.9 Å². The molecule has 6 heteroatoms. The lowest BCUT2D eigenvalue weighted by atomic mass is 9.87. The van der Waals surface area contributed by atoms with Crippen molar-refractivity contribution in [1.29, 1.82) is 0 Å². The van der Waals surface area contributed by atoms with E-state index < -0.39 is 0 Å². The average molecular weight is 338 g/mol. The van der Waals surface area contributed by atoms with Crippen LogP contribution in [0.5, 0.6) is 0 Å². The summed E-state index contributed by atoms with van der Waals surface area (Å²) >= 11 is 0. The molecule has 1 N–H and O–H groups in total. The molecule has 0 atom stereocenters. The third-order valence-electron chi connectivity index (χ3n) is 5.18. The molecule has 1 amide bonds. The molecule has 0 unspecified atom stereocenters. The third-order valence-corrected chi connectivity index (χ3v) is 5.18. The lowest BCUT2D eigenvalue weighted by Gasteiger charge is -2.27. The van der Waals surface area contributed by atoms with Gasteiger partial charge in [0, 0.05) is 18.4 Å². The Balaban J connectivity index is 1.65. The van der Waals surface area contributed by atoms with Crippen LogP contribution in [0.2, 0.25) is 0 Å². The second-order valence-electron chi connectivity index (χ2n) is 7.03. The van der Waals surface area contributed by atoms with E-state index >= 15 is 0 Å². The van der Waals surface area contributed by atoms with Crippen molar-refractivity contribution in [2.75, 3.05) is 0 Å². The molecule has 25 heavy (non-hydrogen) atoms. The van der Waals surface area contributed by atoms with Gasteiger partial charge in [0.05, 0.1) is 5.52 Å². The third kappa shape index (κ3) is 2.92. The van der Waals surface area contributed by atoms with Gasteiger partial charge in [-0.3, -0.25) is 14.2 Å². The highest BCUT2D eigenvalue weighted by atomic mass is 16.2. The Morgan fingerprint density at radius 2 is 1.96 bits per heavy atom. The highest BCUT2D eigenvalue weighted by molar-refractivity contribution is 5.80. The number of fused-ring (bicyclic) bond motifs is 3. The number of hydrogen-bond acceptors (Lipinski definition) is 3. The molecule has 1 fully saturated rings. The molecule has 130 valence electrons. The van der Waals surface area contributed by atoms with Crippen molar-refractivity contribution in [2.24, 2.45) is 5.92 Å². The van der Waals surface area contributed by atoms with Gasteiger partial charge in [0.1, 0.15) is 12.1 Å². The second kappa shape index (κ2) is 6.35. The maximum absolute atomic E-state index is 12.8. The van der Waals surface area contributed by atoms with Gasteiger partial charge in [-0.25, -0.2) is 4.98 Å². The molecule has 0 aromatic carbocycles. The van der Waals surface area contributed by atoms with Crippen LogP contribution in [0.15, 0.2) is 41.5 Å². The van der Waals surface area contributed by atoms with Crippen molar-refractivity contribution in [3.8, 4) is 0 Å². The Morgan fingerprint density at radius 3 is 2.76 bits per heavy atom. The van der Waals surface area contributed by atoms with Gasteiger partial charge in [-0.2, -0.15) is 0 Å². The predicted octanol–water partition coefficient (Wildman–Crippen LogP) is 2.34. The van der Waals surface area contributed by atoms with Gasteiger partial charge in [0.25, 0.3) is 5.56 Å². The van der Waals surface area contributed by atoms with E-state index in [-0.39, 0.29) is 24.1 Å². The maximum Gasteiger partial charge on any atom is 0.276 e. The van der Waals surface area contributed by atoms with Gasteiger partial charge >= 0.3 is 0 Å². The van der Waals surface area contributed by atoms with Crippen molar-refractivity contribution in [2.45, 2.75) is 45.2 Å². The Kier molecular flexibility index (Phi) is 4.03. The molecular formula is C19H22N4O2. The molecule has 0 spiro atoms. The summed E-state index contributed by atoms with van der Waals surface area (Å²) in [6.45, 7) is 2.25. The normalized spacial score (nSPS) is 20.8. The Labute approximate surface area is 145 Å². The van der Waals surface area contributed by atoms with E-state index in [1.807, 2.05) is 28.8 Å². The fourth-order valence-corrected chi connectivity index (χ4v) is 3.75. The standard InChI is InChI=1S/C19H22N4O2/c1-13-6-8-14(9-7-13)21-17(24)12-23-18-15(4-2-10-20-18)22-11-3-5-16(22)19(23)25/h2-5,10-11,13-14H,6-9,12H2,1H3,(H,21,24). The van der Waals surface area contributed by atoms with Crippen molar-refractivity contribution < 1.29 is 4.79 Å². The molecule has 3 aromatic rings. The van der Waals surface area contributed by atoms with Crippen LogP contribution in [-0.2, 0) is 11.3 Å². The van der Waals surface area contributed by atoms with Gasteiger partial charge < -0.3 is 9.72 Å². The molecule has 6 nitrogen and oxygen atoms in total. The molecule has 0 bridgehead atoms. The smallest absolute Gasteiger partial charge is 0.276 e. The molecule has 1 aliphatic carbocycles. The SMILES string of the molecule is CC1CCC(NC(=O)Cn2c(=O)c3cccn3c3cccnc32)CC1. The number of rotatable bonds is 3. The molecule has 1 aliphatic rings. The molecule has 3 aromatic heterocycles. The molecule has 3 heterocycles. The summed E-state index contributed by atoms with van der Waals surface area (Å²) in [4.78, 5) is 29.7. The number of carbonyl (C=O) groups excluding carboxylic acids is 1. The predicted molar refractivity (Wildman–Crippen MR) is 96.5 cm³/mol. The fourth-order valence-electron chi connectivity index (χ4n) is 3.75. The lowest BCUT2D eigenvalue weighted by molar-refractivity contribution is -0.122. The van der Waals surface area contributed by atoms with Crippen LogP contribution in [0.3, 0.4) is 0 Å². The van der Waals surface area contributed by atoms with Gasteiger partial charge in [0.15, 0.2) is 5.65 Å². The van der Waals surface area contributed by atoms with Crippen LogP contribution in [0.4, 0.5) is 0 Å². The van der Waals surface area contributed by atoms with Crippen molar-refractivity contribution >= 4 is 22.6 Å². The highest BCUT2D eigenvalue weighted by Gasteiger charge is 2.21. The molecule has 0 saturated heterocycles. The monoisotopic (exact) mass is 338 g/mol. The molecule has 4 rings (SSSR count). The summed E-state index contributed by atoms with van der Waals surface area (Å²) in [6.07, 6.45) is 7.80. The van der Waals surface area contributed by atoms with Crippen molar-refractivity contribution in [3.63, 3.8) is 0 Å². The van der Waals surface area contributed by atoms with Crippen LogP contribution < -0.4 is 10.9 Å².